The van der Waals surface area contributed by atoms with Crippen molar-refractivity contribution in [2.75, 3.05) is 79.3 Å². The Morgan fingerprint density at radius 3 is 1.72 bits per heavy atom. The molecular weight excluding hydrogens is 792 g/mol. The molecule has 0 bridgehead atoms. The number of halogens is 3. The number of hydrogen-bond acceptors (Lipinski definition) is 11. The maximum Gasteiger partial charge on any atom is 1.00 e. The number of hydrogen-bond donors (Lipinski definition) is 3. The largest absolute Gasteiger partial charge is 1.00 e. The number of aliphatic hydroxyl groups excluding tert-OH is 1. The third-order valence-corrected chi connectivity index (χ3v) is 6.72. The van der Waals surface area contributed by atoms with Crippen LogP contribution in [0, 0.1) is 0 Å². The summed E-state index contributed by atoms with van der Waals surface area (Å²) >= 11 is 13.8. The number of ether oxygens (including phenoxy) is 7. The quantitative estimate of drug-likeness (QED) is 0.107. The first-order chi connectivity index (χ1) is 23.0. The van der Waals surface area contributed by atoms with E-state index in [2.05, 4.69) is 79.4 Å². The topological polar surface area (TPSA) is 203 Å². The van der Waals surface area contributed by atoms with Crippen LogP contribution >= 0.6 is 46.7 Å². The van der Waals surface area contributed by atoms with Crippen molar-refractivity contribution in [1.29, 1.82) is 0 Å². The molecular formula is C30H53Cl3KO14P2+. The van der Waals surface area contributed by atoms with E-state index in [9.17, 15) is 9.13 Å². The number of allylic oxidation sites excluding steroid dienone is 1. The van der Waals surface area contributed by atoms with Gasteiger partial charge in [-0.15, -0.1) is 0 Å². The molecule has 2 unspecified atom stereocenters. The van der Waals surface area contributed by atoms with Crippen molar-refractivity contribution < 1.29 is 119 Å². The summed E-state index contributed by atoms with van der Waals surface area (Å²) in [6, 6.07) is 8.58. The molecule has 3 fully saturated rings. The molecule has 2 atom stereocenters. The normalized spacial score (nSPS) is 19.0. The molecule has 5 N–H and O–H groups in total. The van der Waals surface area contributed by atoms with E-state index >= 15 is 0 Å². The molecule has 0 spiro atoms. The second kappa shape index (κ2) is 34.9. The van der Waals surface area contributed by atoms with E-state index in [0.29, 0.717) is 33.0 Å². The molecule has 0 aromatic heterocycles. The number of phosphoric acid groups is 1. The number of epoxide rings is 1. The van der Waals surface area contributed by atoms with Crippen molar-refractivity contribution in [2.45, 2.75) is 63.9 Å². The average Bonchev–Trinajstić information content (AvgIpc) is 3.95. The van der Waals surface area contributed by atoms with Crippen molar-refractivity contribution in [1.82, 2.24) is 0 Å². The zero-order chi connectivity index (χ0) is 35.4. The van der Waals surface area contributed by atoms with E-state index in [4.69, 9.17) is 43.3 Å². The first-order valence-corrected chi connectivity index (χ1v) is 21.9. The van der Waals surface area contributed by atoms with Crippen molar-refractivity contribution in [3.8, 4) is 0 Å². The Hall–Kier alpha value is 1.45. The Balaban J connectivity index is 0. The van der Waals surface area contributed by atoms with E-state index in [0.717, 1.165) is 58.5 Å². The van der Waals surface area contributed by atoms with Crippen LogP contribution in [0.1, 0.15) is 56.1 Å². The first-order valence-electron chi connectivity index (χ1n) is 15.9. The van der Waals surface area contributed by atoms with Crippen LogP contribution in [-0.2, 0) is 53.2 Å². The van der Waals surface area contributed by atoms with Gasteiger partial charge in [-0.25, -0.2) is 4.57 Å². The summed E-state index contributed by atoms with van der Waals surface area (Å²) in [4.78, 5) is 16.8. The number of rotatable bonds is 14. The van der Waals surface area contributed by atoms with E-state index < -0.39 is 13.0 Å². The van der Waals surface area contributed by atoms with Crippen LogP contribution in [0.15, 0.2) is 30.3 Å². The second-order valence-electron chi connectivity index (χ2n) is 10.3. The molecule has 3 aliphatic heterocycles. The maximum absolute atomic E-state index is 10.3. The fourth-order valence-electron chi connectivity index (χ4n) is 4.02. The summed E-state index contributed by atoms with van der Waals surface area (Å²) in [5.41, 5.74) is 2.89. The summed E-state index contributed by atoms with van der Waals surface area (Å²) in [6.45, 7) is 5.67. The summed E-state index contributed by atoms with van der Waals surface area (Å²) in [6.07, 6.45) is 13.2. The Labute approximate surface area is 352 Å². The monoisotopic (exact) mass is 843 g/mol. The van der Waals surface area contributed by atoms with Crippen LogP contribution in [0.25, 0.3) is 6.08 Å². The minimum atomic E-state index is -4.39. The SMILES string of the molecule is C1=Cc2ccccc2CC1.C1CO1.O.O=P(Cl)(Cl)Cl.O=P(O)(O)OCCOCCOCCOC1CCCCO1.OCCOC1CCCCO1.[K+]. The molecule has 1 aromatic carbocycles. The Kier molecular flexibility index (Phi) is 37.4. The Morgan fingerprint density at radius 2 is 1.26 bits per heavy atom. The number of fused-ring (bicyclic) bond motifs is 1. The Bertz CT molecular complexity index is 1030. The molecule has 4 aliphatic rings. The van der Waals surface area contributed by atoms with Gasteiger partial charge in [0.2, 0.25) is 0 Å². The van der Waals surface area contributed by atoms with Crippen LogP contribution in [0.2, 0.25) is 0 Å². The van der Waals surface area contributed by atoms with Gasteiger partial charge in [-0.05, 0) is 96.2 Å². The summed E-state index contributed by atoms with van der Waals surface area (Å²) < 4.78 is 60.2. The molecule has 0 amide bonds. The standard InChI is InChI=1S/C11H23O8P.C10H10.C7H14O3.C2H4O.Cl3OP.K.H2O/c12-20(13,14)19-10-8-16-6-5-15-7-9-18-11-3-1-2-4-17-11;1-2-6-10-8-4-3-7-9(10)5-1;8-4-6-10-7-3-1-2-5-9-7;1-2-3-1;1-5(2,3)4;;/h11H,1-10H2,(H2,12,13,14);1-3,5-7H,4,8H2;7-8H,1-6H2;1-2H2;;;1H2/q;;;;;+1;. The van der Waals surface area contributed by atoms with Gasteiger partial charge in [0, 0.05) is 13.2 Å². The van der Waals surface area contributed by atoms with Crippen molar-refractivity contribution >= 4 is 52.8 Å². The molecule has 50 heavy (non-hydrogen) atoms. The number of phosphoric ester groups is 1. The fourth-order valence-corrected chi connectivity index (χ4v) is 4.33. The minimum absolute atomic E-state index is 0. The average molecular weight is 845 g/mol. The molecule has 0 radical (unpaired) electrons. The van der Waals surface area contributed by atoms with Gasteiger partial charge in [0.1, 0.15) is 0 Å². The second-order valence-corrected chi connectivity index (χ2v) is 18.1. The third-order valence-electron chi connectivity index (χ3n) is 6.20. The van der Waals surface area contributed by atoms with Gasteiger partial charge in [-0.3, -0.25) is 9.09 Å². The molecule has 1 aliphatic carbocycles. The smallest absolute Gasteiger partial charge is 0.412 e. The molecule has 288 valence electrons. The summed E-state index contributed by atoms with van der Waals surface area (Å²) in [5.74, 6) is 0. The first kappa shape index (κ1) is 53.5. The molecule has 1 aromatic rings. The van der Waals surface area contributed by atoms with Crippen LogP contribution in [0.3, 0.4) is 0 Å². The zero-order valence-corrected chi connectivity index (χ0v) is 35.9. The molecule has 20 heteroatoms. The summed E-state index contributed by atoms with van der Waals surface area (Å²) in [5, 5.41) is 5.19. The van der Waals surface area contributed by atoms with Gasteiger partial charge in [0.25, 0.3) is 0 Å². The molecule has 0 saturated carbocycles. The van der Waals surface area contributed by atoms with Crippen LogP contribution in [-0.4, -0.2) is 112 Å². The van der Waals surface area contributed by atoms with Crippen molar-refractivity contribution in [3.63, 3.8) is 0 Å². The van der Waals surface area contributed by atoms with Crippen molar-refractivity contribution in [3.05, 3.63) is 41.5 Å². The van der Waals surface area contributed by atoms with Crippen molar-refractivity contribution in [2.24, 2.45) is 0 Å². The number of benzene rings is 1. The molecule has 14 nitrogen and oxygen atoms in total. The summed E-state index contributed by atoms with van der Waals surface area (Å²) in [7, 11) is -4.39. The zero-order valence-electron chi connectivity index (χ0n) is 28.7. The third kappa shape index (κ3) is 39.1. The van der Waals surface area contributed by atoms with Gasteiger partial charge in [-0.1, -0.05) is 36.4 Å². The Morgan fingerprint density at radius 1 is 0.760 bits per heavy atom. The van der Waals surface area contributed by atoms with Crippen LogP contribution in [0.4, 0.5) is 0 Å². The molecule has 5 rings (SSSR count). The maximum atomic E-state index is 10.3. The van der Waals surface area contributed by atoms with Gasteiger partial charge in [0.05, 0.1) is 66.1 Å². The van der Waals surface area contributed by atoms with Gasteiger partial charge >= 0.3 is 64.4 Å². The molecule has 3 heterocycles. The predicted octanol–water partition coefficient (Wildman–Crippen LogP) is 2.85. The van der Waals surface area contributed by atoms with Gasteiger partial charge < -0.3 is 53.5 Å². The van der Waals surface area contributed by atoms with E-state index in [1.165, 1.54) is 30.4 Å². The molecule has 3 saturated heterocycles. The predicted molar refractivity (Wildman–Crippen MR) is 189 cm³/mol. The number of aliphatic hydroxyl groups is 1. The van der Waals surface area contributed by atoms with Crippen LogP contribution in [0.5, 0.6) is 0 Å². The minimum Gasteiger partial charge on any atom is -0.412 e. The van der Waals surface area contributed by atoms with E-state index in [1.807, 2.05) is 0 Å². The van der Waals surface area contributed by atoms with Crippen LogP contribution < -0.4 is 51.4 Å². The fraction of sp³-hybridized carbons (Fsp3) is 0.733. The van der Waals surface area contributed by atoms with Gasteiger partial charge in [0.15, 0.2) is 12.6 Å². The van der Waals surface area contributed by atoms with Gasteiger partial charge in [-0.2, -0.15) is 0 Å². The van der Waals surface area contributed by atoms with E-state index in [1.54, 1.807) is 0 Å². The number of aryl methyl sites for hydroxylation is 1. The van der Waals surface area contributed by atoms with E-state index in [-0.39, 0.29) is 89.3 Å².